The molecule has 1 saturated heterocycles. The number of aromatic nitrogens is 1. The van der Waals surface area contributed by atoms with Crippen molar-refractivity contribution in [3.05, 3.63) is 64.8 Å². The molecule has 2 aromatic carbocycles. The van der Waals surface area contributed by atoms with Crippen molar-refractivity contribution in [1.82, 2.24) is 9.88 Å². The largest absolute Gasteiger partial charge is 0.497 e. The van der Waals surface area contributed by atoms with Gasteiger partial charge in [-0.3, -0.25) is 4.98 Å². The first kappa shape index (κ1) is 28.0. The molecule has 1 fully saturated rings. The zero-order valence-corrected chi connectivity index (χ0v) is 22.4. The Bertz CT molecular complexity index is 1190. The molecule has 0 amide bonds. The lowest BCUT2D eigenvalue weighted by Gasteiger charge is -2.41. The van der Waals surface area contributed by atoms with Crippen molar-refractivity contribution in [2.45, 2.75) is 43.2 Å². The van der Waals surface area contributed by atoms with Crippen molar-refractivity contribution in [2.24, 2.45) is 5.41 Å². The first-order valence-electron chi connectivity index (χ1n) is 12.5. The van der Waals surface area contributed by atoms with E-state index in [0.29, 0.717) is 34.4 Å². The minimum absolute atomic E-state index is 0.00855. The topological polar surface area (TPSA) is 45.6 Å². The minimum atomic E-state index is -1.29. The van der Waals surface area contributed by atoms with Crippen LogP contribution in [0.15, 0.2) is 47.5 Å². The molecule has 200 valence electrons. The van der Waals surface area contributed by atoms with Gasteiger partial charge in [0.25, 0.3) is 0 Å². The van der Waals surface area contributed by atoms with Crippen LogP contribution < -0.4 is 4.74 Å². The molecule has 0 bridgehead atoms. The molecule has 4 nitrogen and oxygen atoms in total. The van der Waals surface area contributed by atoms with Gasteiger partial charge in [0, 0.05) is 23.8 Å². The molecule has 1 aliphatic heterocycles. The number of benzene rings is 2. The van der Waals surface area contributed by atoms with Crippen LogP contribution in [-0.2, 0) is 0 Å². The fourth-order valence-electron chi connectivity index (χ4n) is 5.01. The summed E-state index contributed by atoms with van der Waals surface area (Å²) in [5, 5.41) is 11.2. The van der Waals surface area contributed by atoms with Crippen molar-refractivity contribution in [3.63, 3.8) is 0 Å². The van der Waals surface area contributed by atoms with Gasteiger partial charge in [-0.2, -0.15) is 0 Å². The molecule has 1 N–H and O–H groups in total. The molecule has 4 rings (SSSR count). The third kappa shape index (κ3) is 6.72. The Morgan fingerprint density at radius 1 is 1.19 bits per heavy atom. The van der Waals surface area contributed by atoms with Crippen molar-refractivity contribution in [2.75, 3.05) is 39.1 Å². The van der Waals surface area contributed by atoms with Crippen LogP contribution in [0.25, 0.3) is 10.9 Å². The van der Waals surface area contributed by atoms with Crippen LogP contribution in [0, 0.1) is 17.0 Å². The zero-order chi connectivity index (χ0) is 26.4. The second-order valence-corrected chi connectivity index (χ2v) is 11.2. The van der Waals surface area contributed by atoms with Gasteiger partial charge in [0.05, 0.1) is 22.5 Å². The lowest BCUT2D eigenvalue weighted by molar-refractivity contribution is 0.0304. The molecular weight excluding hydrogens is 521 g/mol. The molecule has 0 radical (unpaired) electrons. The van der Waals surface area contributed by atoms with Gasteiger partial charge in [-0.1, -0.05) is 17.7 Å². The van der Waals surface area contributed by atoms with Gasteiger partial charge >= 0.3 is 0 Å². The van der Waals surface area contributed by atoms with E-state index in [2.05, 4.69) is 9.88 Å². The molecular formula is C28H32ClF3N2O2S. The van der Waals surface area contributed by atoms with Gasteiger partial charge in [0.15, 0.2) is 0 Å². The number of pyridine rings is 1. The van der Waals surface area contributed by atoms with Crippen LogP contribution in [0.5, 0.6) is 5.75 Å². The summed E-state index contributed by atoms with van der Waals surface area (Å²) in [4.78, 5) is 6.68. The van der Waals surface area contributed by atoms with E-state index in [1.807, 2.05) is 0 Å². The lowest BCUT2D eigenvalue weighted by atomic mass is 9.74. The molecule has 0 spiro atoms. The van der Waals surface area contributed by atoms with Gasteiger partial charge < -0.3 is 14.7 Å². The Morgan fingerprint density at radius 2 is 1.92 bits per heavy atom. The smallest absolute Gasteiger partial charge is 0.139 e. The van der Waals surface area contributed by atoms with E-state index in [9.17, 15) is 13.9 Å². The number of likely N-dealkylation sites (tertiary alicyclic amines) is 1. The van der Waals surface area contributed by atoms with Crippen LogP contribution in [-0.4, -0.2) is 54.1 Å². The van der Waals surface area contributed by atoms with Crippen LogP contribution in [0.4, 0.5) is 13.2 Å². The second-order valence-electron chi connectivity index (χ2n) is 9.66. The predicted molar refractivity (Wildman–Crippen MR) is 143 cm³/mol. The number of rotatable bonds is 11. The van der Waals surface area contributed by atoms with E-state index in [1.54, 1.807) is 25.3 Å². The summed E-state index contributed by atoms with van der Waals surface area (Å²) < 4.78 is 48.5. The van der Waals surface area contributed by atoms with Gasteiger partial charge in [-0.25, -0.2) is 13.2 Å². The quantitative estimate of drug-likeness (QED) is 0.201. The normalized spacial score (nSPS) is 16.7. The Balaban J connectivity index is 1.30. The number of piperidine rings is 1. The molecule has 37 heavy (non-hydrogen) atoms. The maximum Gasteiger partial charge on any atom is 0.139 e. The van der Waals surface area contributed by atoms with E-state index < -0.39 is 17.8 Å². The SMILES string of the molecule is COc1ccc2ncc(Cl)c(C(F)CCC3(CO)CCN(CCCSc4c(F)cccc4F)CC3)c2c1. The molecule has 0 aliphatic carbocycles. The number of fused-ring (bicyclic) bond motifs is 1. The van der Waals surface area contributed by atoms with Crippen LogP contribution in [0.1, 0.15) is 43.8 Å². The zero-order valence-electron chi connectivity index (χ0n) is 20.9. The number of nitrogens with zero attached hydrogens (tertiary/aromatic N) is 2. The number of hydrogen-bond acceptors (Lipinski definition) is 5. The highest BCUT2D eigenvalue weighted by Gasteiger charge is 2.35. The highest BCUT2D eigenvalue weighted by Crippen LogP contribution is 2.42. The lowest BCUT2D eigenvalue weighted by Crippen LogP contribution is -2.42. The Morgan fingerprint density at radius 3 is 2.59 bits per heavy atom. The Kier molecular flexibility index (Phi) is 9.62. The monoisotopic (exact) mass is 552 g/mol. The molecule has 1 atom stereocenters. The predicted octanol–water partition coefficient (Wildman–Crippen LogP) is 7.22. The van der Waals surface area contributed by atoms with Crippen molar-refractivity contribution in [3.8, 4) is 5.75 Å². The minimum Gasteiger partial charge on any atom is -0.497 e. The van der Waals surface area contributed by atoms with E-state index in [-0.39, 0.29) is 28.4 Å². The maximum atomic E-state index is 15.6. The molecule has 2 heterocycles. The average molecular weight is 553 g/mol. The standard InChI is InChI=1S/C28H32ClF3N2O2S/c1-36-19-6-7-25-20(16-19)26(21(29)17-33-25)22(30)8-9-28(18-35)10-13-34(14-11-28)12-3-15-37-27-23(31)4-2-5-24(27)32/h2,4-7,16-17,22,35H,3,8-15,18H2,1H3. The summed E-state index contributed by atoms with van der Waals surface area (Å²) in [7, 11) is 1.56. The van der Waals surface area contributed by atoms with Gasteiger partial charge in [0.1, 0.15) is 23.6 Å². The Hall–Kier alpha value is -2.00. The van der Waals surface area contributed by atoms with Gasteiger partial charge in [-0.05, 0) is 93.2 Å². The third-order valence-electron chi connectivity index (χ3n) is 7.35. The van der Waals surface area contributed by atoms with E-state index in [4.69, 9.17) is 16.3 Å². The van der Waals surface area contributed by atoms with Crippen LogP contribution >= 0.6 is 23.4 Å². The van der Waals surface area contributed by atoms with Crippen molar-refractivity contribution >= 4 is 34.3 Å². The molecule has 3 aromatic rings. The van der Waals surface area contributed by atoms with E-state index in [1.165, 1.54) is 36.2 Å². The maximum absolute atomic E-state index is 15.6. The molecule has 0 saturated carbocycles. The number of thioether (sulfide) groups is 1. The number of aliphatic hydroxyl groups excluding tert-OH is 1. The van der Waals surface area contributed by atoms with Crippen LogP contribution in [0.3, 0.4) is 0 Å². The summed E-state index contributed by atoms with van der Waals surface area (Å²) in [5.74, 6) is 0.180. The fourth-order valence-corrected chi connectivity index (χ4v) is 6.17. The van der Waals surface area contributed by atoms with Gasteiger partial charge in [-0.15, -0.1) is 11.8 Å². The summed E-state index contributed by atoms with van der Waals surface area (Å²) >= 11 is 7.58. The van der Waals surface area contributed by atoms with Crippen LogP contribution in [0.2, 0.25) is 5.02 Å². The molecule has 1 unspecified atom stereocenters. The summed E-state index contributed by atoms with van der Waals surface area (Å²) in [6.07, 6.45) is 3.33. The Labute approximate surface area is 225 Å². The summed E-state index contributed by atoms with van der Waals surface area (Å²) in [5.41, 5.74) is 0.739. The number of alkyl halides is 1. The number of hydrogen-bond donors (Lipinski definition) is 1. The molecule has 1 aliphatic rings. The summed E-state index contributed by atoms with van der Waals surface area (Å²) in [6, 6.07) is 9.24. The first-order chi connectivity index (χ1) is 17.9. The number of methoxy groups -OCH3 is 1. The van der Waals surface area contributed by atoms with Crippen molar-refractivity contribution in [1.29, 1.82) is 0 Å². The third-order valence-corrected chi connectivity index (χ3v) is 8.82. The first-order valence-corrected chi connectivity index (χ1v) is 13.9. The number of halogens is 4. The van der Waals surface area contributed by atoms with Crippen molar-refractivity contribution < 1.29 is 23.0 Å². The highest BCUT2D eigenvalue weighted by atomic mass is 35.5. The average Bonchev–Trinajstić information content (AvgIpc) is 2.91. The van der Waals surface area contributed by atoms with E-state index >= 15 is 4.39 Å². The number of ether oxygens (including phenoxy) is 1. The fraction of sp³-hybridized carbons (Fsp3) is 0.464. The van der Waals surface area contributed by atoms with Gasteiger partial charge in [0.2, 0.25) is 0 Å². The summed E-state index contributed by atoms with van der Waals surface area (Å²) in [6.45, 7) is 2.42. The molecule has 1 aromatic heterocycles. The highest BCUT2D eigenvalue weighted by molar-refractivity contribution is 7.99. The van der Waals surface area contributed by atoms with E-state index in [0.717, 1.165) is 38.9 Å². The number of aliphatic hydroxyl groups is 1. The molecule has 9 heteroatoms. The second kappa shape index (κ2) is 12.7.